The Bertz CT molecular complexity index is 527. The molecule has 1 aliphatic rings. The van der Waals surface area contributed by atoms with Gasteiger partial charge in [0.25, 0.3) is 0 Å². The van der Waals surface area contributed by atoms with Gasteiger partial charge in [-0.3, -0.25) is 9.69 Å². The van der Waals surface area contributed by atoms with Crippen molar-refractivity contribution in [3.8, 4) is 11.8 Å². The van der Waals surface area contributed by atoms with Crippen molar-refractivity contribution in [3.05, 3.63) is 35.4 Å². The van der Waals surface area contributed by atoms with Crippen LogP contribution in [-0.2, 0) is 11.3 Å². The molecule has 0 aliphatic heterocycles. The molecule has 2 N–H and O–H groups in total. The maximum atomic E-state index is 11.7. The molecule has 1 aromatic rings. The Hall–Kier alpha value is -1.83. The molecule has 106 valence electrons. The molecular formula is C16H20N2O2. The summed E-state index contributed by atoms with van der Waals surface area (Å²) < 4.78 is 0. The molecule has 0 atom stereocenters. The molecule has 1 aromatic carbocycles. The van der Waals surface area contributed by atoms with E-state index in [9.17, 15) is 4.79 Å². The van der Waals surface area contributed by atoms with Gasteiger partial charge in [-0.25, -0.2) is 0 Å². The van der Waals surface area contributed by atoms with Crippen LogP contribution in [0.5, 0.6) is 0 Å². The van der Waals surface area contributed by atoms with Gasteiger partial charge in [0.1, 0.15) is 6.61 Å². The van der Waals surface area contributed by atoms with Gasteiger partial charge in [-0.2, -0.15) is 0 Å². The quantitative estimate of drug-likeness (QED) is 0.777. The lowest BCUT2D eigenvalue weighted by molar-refractivity contribution is -0.122. The smallest absolute Gasteiger partial charge is 0.234 e. The third-order valence-electron chi connectivity index (χ3n) is 3.05. The zero-order valence-electron chi connectivity index (χ0n) is 11.7. The van der Waals surface area contributed by atoms with Gasteiger partial charge in [-0.05, 0) is 37.6 Å². The Balaban J connectivity index is 1.86. The van der Waals surface area contributed by atoms with E-state index in [1.165, 1.54) is 0 Å². The standard InChI is InChI=1S/C16H20N2O2/c1-18(12-16(20)17-15-7-8-15)11-14-5-2-4-13(10-14)6-3-9-19/h2,4-5,10,15,19H,7-9,11-12H2,1H3,(H,17,20). The monoisotopic (exact) mass is 272 g/mol. The summed E-state index contributed by atoms with van der Waals surface area (Å²) in [7, 11) is 1.93. The predicted molar refractivity (Wildman–Crippen MR) is 77.9 cm³/mol. The van der Waals surface area contributed by atoms with E-state index in [4.69, 9.17) is 5.11 Å². The van der Waals surface area contributed by atoms with Crippen LogP contribution in [0.15, 0.2) is 24.3 Å². The number of aliphatic hydroxyl groups excluding tert-OH is 1. The van der Waals surface area contributed by atoms with Crippen molar-refractivity contribution in [1.82, 2.24) is 10.2 Å². The Kier molecular flexibility index (Phi) is 5.16. The summed E-state index contributed by atoms with van der Waals surface area (Å²) in [5.41, 5.74) is 1.99. The maximum Gasteiger partial charge on any atom is 0.234 e. The van der Waals surface area contributed by atoms with E-state index in [2.05, 4.69) is 17.2 Å². The van der Waals surface area contributed by atoms with Crippen molar-refractivity contribution in [2.24, 2.45) is 0 Å². The molecule has 0 aromatic heterocycles. The van der Waals surface area contributed by atoms with E-state index in [1.807, 2.05) is 36.2 Å². The van der Waals surface area contributed by atoms with Crippen LogP contribution >= 0.6 is 0 Å². The minimum Gasteiger partial charge on any atom is -0.384 e. The minimum absolute atomic E-state index is 0.0891. The molecule has 2 rings (SSSR count). The van der Waals surface area contributed by atoms with Gasteiger partial charge in [-0.1, -0.05) is 24.0 Å². The molecule has 1 saturated carbocycles. The maximum absolute atomic E-state index is 11.7. The average Bonchev–Trinajstić information content (AvgIpc) is 3.20. The third-order valence-corrected chi connectivity index (χ3v) is 3.05. The number of carbonyl (C=O) groups excluding carboxylic acids is 1. The number of hydrogen-bond donors (Lipinski definition) is 2. The number of carbonyl (C=O) groups is 1. The molecule has 4 heteroatoms. The van der Waals surface area contributed by atoms with Crippen LogP contribution in [0.1, 0.15) is 24.0 Å². The fraction of sp³-hybridized carbons (Fsp3) is 0.438. The Morgan fingerprint density at radius 3 is 3.00 bits per heavy atom. The number of amides is 1. The molecule has 4 nitrogen and oxygen atoms in total. The van der Waals surface area contributed by atoms with E-state index in [-0.39, 0.29) is 12.5 Å². The highest BCUT2D eigenvalue weighted by Gasteiger charge is 2.23. The van der Waals surface area contributed by atoms with E-state index in [0.29, 0.717) is 19.1 Å². The normalized spacial score (nSPS) is 13.8. The summed E-state index contributed by atoms with van der Waals surface area (Å²) in [5.74, 6) is 5.61. The number of likely N-dealkylation sites (N-methyl/N-ethyl adjacent to an activating group) is 1. The van der Waals surface area contributed by atoms with Crippen LogP contribution in [0, 0.1) is 11.8 Å². The number of hydrogen-bond acceptors (Lipinski definition) is 3. The summed E-state index contributed by atoms with van der Waals surface area (Å²) in [6, 6.07) is 8.26. The van der Waals surface area contributed by atoms with Gasteiger partial charge >= 0.3 is 0 Å². The predicted octanol–water partition coefficient (Wildman–Crippen LogP) is 0.741. The first-order chi connectivity index (χ1) is 9.67. The fourth-order valence-electron chi connectivity index (χ4n) is 2.00. The number of rotatable bonds is 5. The van der Waals surface area contributed by atoms with Crippen LogP contribution in [0.3, 0.4) is 0 Å². The molecule has 0 saturated heterocycles. The number of aliphatic hydroxyl groups is 1. The summed E-state index contributed by atoms with van der Waals surface area (Å²) >= 11 is 0. The highest BCUT2D eigenvalue weighted by Crippen LogP contribution is 2.18. The first kappa shape index (κ1) is 14.6. The first-order valence-electron chi connectivity index (χ1n) is 6.84. The van der Waals surface area contributed by atoms with Gasteiger partial charge in [0.2, 0.25) is 5.91 Å². The van der Waals surface area contributed by atoms with Gasteiger partial charge < -0.3 is 10.4 Å². The number of nitrogens with zero attached hydrogens (tertiary/aromatic N) is 1. The second-order valence-corrected chi connectivity index (χ2v) is 5.17. The van der Waals surface area contributed by atoms with E-state index in [1.54, 1.807) is 0 Å². The third kappa shape index (κ3) is 5.04. The molecule has 1 amide bonds. The minimum atomic E-state index is -0.133. The highest BCUT2D eigenvalue weighted by atomic mass is 16.2. The first-order valence-corrected chi connectivity index (χ1v) is 6.84. The van der Waals surface area contributed by atoms with E-state index >= 15 is 0 Å². The molecule has 1 aliphatic carbocycles. The zero-order valence-corrected chi connectivity index (χ0v) is 11.7. The van der Waals surface area contributed by atoms with Gasteiger partial charge in [0.05, 0.1) is 6.54 Å². The Morgan fingerprint density at radius 1 is 1.50 bits per heavy atom. The Morgan fingerprint density at radius 2 is 2.30 bits per heavy atom. The summed E-state index contributed by atoms with van der Waals surface area (Å²) in [4.78, 5) is 13.7. The lowest BCUT2D eigenvalue weighted by Crippen LogP contribution is -2.35. The van der Waals surface area contributed by atoms with Crippen molar-refractivity contribution in [3.63, 3.8) is 0 Å². The topological polar surface area (TPSA) is 52.6 Å². The number of benzene rings is 1. The summed E-state index contributed by atoms with van der Waals surface area (Å²) in [6.07, 6.45) is 2.22. The van der Waals surface area contributed by atoms with E-state index < -0.39 is 0 Å². The molecule has 0 radical (unpaired) electrons. The van der Waals surface area contributed by atoms with Gasteiger partial charge in [-0.15, -0.1) is 0 Å². The van der Waals surface area contributed by atoms with Crippen LogP contribution < -0.4 is 5.32 Å². The van der Waals surface area contributed by atoms with Crippen molar-refractivity contribution < 1.29 is 9.90 Å². The summed E-state index contributed by atoms with van der Waals surface area (Å²) in [6.45, 7) is 0.973. The molecule has 20 heavy (non-hydrogen) atoms. The molecular weight excluding hydrogens is 252 g/mol. The van der Waals surface area contributed by atoms with Crippen molar-refractivity contribution >= 4 is 5.91 Å². The van der Waals surface area contributed by atoms with Crippen LogP contribution in [0.2, 0.25) is 0 Å². The fourth-order valence-corrected chi connectivity index (χ4v) is 2.00. The molecule has 0 bridgehead atoms. The second kappa shape index (κ2) is 7.09. The SMILES string of the molecule is CN(CC(=O)NC1CC1)Cc1cccc(C#CCO)c1. The zero-order chi connectivity index (χ0) is 14.4. The van der Waals surface area contributed by atoms with Crippen LogP contribution in [-0.4, -0.2) is 42.2 Å². The van der Waals surface area contributed by atoms with Gasteiger partial charge in [0, 0.05) is 18.2 Å². The average molecular weight is 272 g/mol. The Labute approximate surface area is 119 Å². The lowest BCUT2D eigenvalue weighted by Gasteiger charge is -2.16. The molecule has 0 heterocycles. The number of nitrogens with one attached hydrogen (secondary N) is 1. The molecule has 0 unspecified atom stereocenters. The van der Waals surface area contributed by atoms with Crippen molar-refractivity contribution in [2.45, 2.75) is 25.4 Å². The second-order valence-electron chi connectivity index (χ2n) is 5.17. The van der Waals surface area contributed by atoms with Gasteiger partial charge in [0.15, 0.2) is 0 Å². The largest absolute Gasteiger partial charge is 0.384 e. The highest BCUT2D eigenvalue weighted by molar-refractivity contribution is 5.78. The van der Waals surface area contributed by atoms with Crippen molar-refractivity contribution in [2.75, 3.05) is 20.2 Å². The van der Waals surface area contributed by atoms with E-state index in [0.717, 1.165) is 24.0 Å². The van der Waals surface area contributed by atoms with Crippen molar-refractivity contribution in [1.29, 1.82) is 0 Å². The summed E-state index contributed by atoms with van der Waals surface area (Å²) in [5, 5.41) is 11.7. The lowest BCUT2D eigenvalue weighted by atomic mass is 10.1. The molecule has 1 fully saturated rings. The van der Waals surface area contributed by atoms with Crippen LogP contribution in [0.4, 0.5) is 0 Å². The van der Waals surface area contributed by atoms with Crippen LogP contribution in [0.25, 0.3) is 0 Å². The molecule has 0 spiro atoms.